The number of carbonyl (C=O) groups excluding carboxylic acids is 2. The highest BCUT2D eigenvalue weighted by Gasteiger charge is 2.54. The summed E-state index contributed by atoms with van der Waals surface area (Å²) in [7, 11) is -2.59. The summed E-state index contributed by atoms with van der Waals surface area (Å²) in [5.41, 5.74) is 4.68. The van der Waals surface area contributed by atoms with Crippen molar-refractivity contribution in [1.29, 1.82) is 0 Å². The summed E-state index contributed by atoms with van der Waals surface area (Å²) < 4.78 is 57.7. The van der Waals surface area contributed by atoms with E-state index in [2.05, 4.69) is 15.0 Å². The summed E-state index contributed by atoms with van der Waals surface area (Å²) in [6.45, 7) is 10.6. The van der Waals surface area contributed by atoms with Crippen molar-refractivity contribution in [2.24, 2.45) is 5.92 Å². The molecule has 3 aromatic rings. The van der Waals surface area contributed by atoms with Gasteiger partial charge in [0.1, 0.15) is 33.8 Å². The largest absolute Gasteiger partial charge is 0.510 e. The Morgan fingerprint density at radius 1 is 1.00 bits per heavy atom. The van der Waals surface area contributed by atoms with E-state index in [0.717, 1.165) is 10.6 Å². The lowest BCUT2D eigenvalue weighted by atomic mass is 10.2. The van der Waals surface area contributed by atoms with E-state index in [4.69, 9.17) is 43.2 Å². The van der Waals surface area contributed by atoms with E-state index < -0.39 is 56.6 Å². The Morgan fingerprint density at radius 2 is 1.56 bits per heavy atom. The minimum atomic E-state index is -4.19. The van der Waals surface area contributed by atoms with Gasteiger partial charge >= 0.3 is 19.9 Å². The third kappa shape index (κ3) is 10.7. The lowest BCUT2D eigenvalue weighted by Crippen LogP contribution is -2.27. The molecule has 2 N–H and O–H groups in total. The fraction of sp³-hybridized carbons (Fsp3) is 0.567. The maximum Gasteiger partial charge on any atom is 0.510 e. The third-order valence-corrected chi connectivity index (χ3v) is 9.12. The normalized spacial score (nSPS) is 18.0. The Morgan fingerprint density at radius 3 is 2.06 bits per heavy atom. The number of aromatic nitrogens is 4. The summed E-state index contributed by atoms with van der Waals surface area (Å²) in [6, 6.07) is 7.49. The molecule has 0 bridgehead atoms. The van der Waals surface area contributed by atoms with Gasteiger partial charge in [-0.2, -0.15) is 4.98 Å². The van der Waals surface area contributed by atoms with Crippen LogP contribution in [0.15, 0.2) is 40.5 Å². The van der Waals surface area contributed by atoms with Crippen molar-refractivity contribution in [3.8, 4) is 5.75 Å². The van der Waals surface area contributed by atoms with Crippen LogP contribution in [0.5, 0.6) is 5.75 Å². The summed E-state index contributed by atoms with van der Waals surface area (Å²) in [5, 5.41) is 0.571. The molecule has 1 saturated carbocycles. The monoisotopic (exact) mass is 711 g/mol. The van der Waals surface area contributed by atoms with Crippen molar-refractivity contribution in [3.63, 3.8) is 0 Å². The molecule has 0 amide bonds. The predicted molar refractivity (Wildman–Crippen MR) is 173 cm³/mol. The van der Waals surface area contributed by atoms with E-state index in [-0.39, 0.29) is 18.4 Å². The van der Waals surface area contributed by atoms with Crippen LogP contribution in [0.25, 0.3) is 11.2 Å². The molecule has 264 valence electrons. The number of carbonyl (C=O) groups is 2. The number of nitrogens with two attached hydrogens (primary N) is 1. The first-order valence-electron chi connectivity index (χ1n) is 14.9. The van der Waals surface area contributed by atoms with Crippen LogP contribution in [-0.2, 0) is 43.8 Å². The van der Waals surface area contributed by atoms with Crippen molar-refractivity contribution in [2.75, 3.05) is 32.8 Å². The van der Waals surface area contributed by atoms with E-state index in [1.165, 1.54) is 11.8 Å². The first-order chi connectivity index (χ1) is 22.4. The van der Waals surface area contributed by atoms with Crippen LogP contribution < -0.4 is 10.5 Å². The number of benzene rings is 1. The van der Waals surface area contributed by atoms with Crippen LogP contribution in [0.4, 0.5) is 15.5 Å². The van der Waals surface area contributed by atoms with Gasteiger partial charge in [0.2, 0.25) is 19.5 Å². The van der Waals surface area contributed by atoms with E-state index in [0.29, 0.717) is 22.6 Å². The van der Waals surface area contributed by atoms with Gasteiger partial charge in [0.15, 0.2) is 5.65 Å². The molecule has 18 heteroatoms. The molecule has 4 rings (SSSR count). The van der Waals surface area contributed by atoms with Crippen LogP contribution >= 0.6 is 19.4 Å². The minimum Gasteiger partial charge on any atom is -0.497 e. The third-order valence-electron chi connectivity index (χ3n) is 6.69. The molecule has 1 fully saturated rings. The Kier molecular flexibility index (Phi) is 11.5. The molecule has 0 spiro atoms. The van der Waals surface area contributed by atoms with E-state index >= 15 is 0 Å². The first-order valence-corrected chi connectivity index (χ1v) is 17.5. The highest BCUT2D eigenvalue weighted by molar-refractivity contribution is 7.99. The van der Waals surface area contributed by atoms with Gasteiger partial charge in [0, 0.05) is 4.90 Å². The Balaban J connectivity index is 1.46. The molecule has 0 saturated heterocycles. The van der Waals surface area contributed by atoms with Gasteiger partial charge in [-0.05, 0) is 78.1 Å². The molecule has 2 unspecified atom stereocenters. The second-order valence-corrected chi connectivity index (χ2v) is 16.0. The number of nitrogens with zero attached hydrogens (tertiary/aromatic N) is 4. The molecule has 0 radical (unpaired) electrons. The first kappa shape index (κ1) is 37.2. The van der Waals surface area contributed by atoms with Gasteiger partial charge in [0.25, 0.3) is 0 Å². The lowest BCUT2D eigenvalue weighted by molar-refractivity contribution is -0.0573. The molecule has 2 atom stereocenters. The number of imidazole rings is 1. The van der Waals surface area contributed by atoms with Crippen LogP contribution in [0.3, 0.4) is 0 Å². The maximum atomic E-state index is 13.7. The highest BCUT2D eigenvalue weighted by Crippen LogP contribution is 2.54. The van der Waals surface area contributed by atoms with Gasteiger partial charge in [-0.1, -0.05) is 18.7 Å². The SMILES string of the molecule is COc1ccc(Sc2nc(N)nc3c2ncn3CC2(OCP(=O)(OCOC(=O)OC(C)(C)C)OCOC(=O)OC(C)(C)C)CC2C)cc1. The molecular weight excluding hydrogens is 669 g/mol. The van der Waals surface area contributed by atoms with Crippen molar-refractivity contribution >= 4 is 48.8 Å². The van der Waals surface area contributed by atoms with Gasteiger partial charge in [-0.15, -0.1) is 0 Å². The maximum absolute atomic E-state index is 13.7. The Bertz CT molecular complexity index is 1600. The van der Waals surface area contributed by atoms with E-state index in [9.17, 15) is 14.2 Å². The summed E-state index contributed by atoms with van der Waals surface area (Å²) in [4.78, 5) is 38.3. The van der Waals surface area contributed by atoms with Crippen molar-refractivity contribution in [2.45, 2.75) is 88.2 Å². The van der Waals surface area contributed by atoms with Crippen LogP contribution in [0.2, 0.25) is 0 Å². The molecule has 1 aliphatic carbocycles. The zero-order chi connectivity index (χ0) is 35.3. The summed E-state index contributed by atoms with van der Waals surface area (Å²) in [5.74, 6) is 0.832. The van der Waals surface area contributed by atoms with Crippen molar-refractivity contribution in [1.82, 2.24) is 19.5 Å². The molecule has 0 aliphatic heterocycles. The van der Waals surface area contributed by atoms with Crippen molar-refractivity contribution < 1.29 is 51.6 Å². The number of hydrogen-bond acceptors (Lipinski definition) is 16. The zero-order valence-electron chi connectivity index (χ0n) is 28.2. The lowest BCUT2D eigenvalue weighted by Gasteiger charge is -2.24. The fourth-order valence-electron chi connectivity index (χ4n) is 4.28. The zero-order valence-corrected chi connectivity index (χ0v) is 29.9. The van der Waals surface area contributed by atoms with E-state index in [1.54, 1.807) is 59.5 Å². The summed E-state index contributed by atoms with van der Waals surface area (Å²) >= 11 is 1.38. The quantitative estimate of drug-likeness (QED) is 0.0838. The second-order valence-electron chi connectivity index (χ2n) is 13.0. The smallest absolute Gasteiger partial charge is 0.497 e. The number of hydrogen-bond donors (Lipinski definition) is 1. The minimum absolute atomic E-state index is 0.0340. The van der Waals surface area contributed by atoms with E-state index in [1.807, 2.05) is 31.2 Å². The van der Waals surface area contributed by atoms with Gasteiger partial charge in [-0.25, -0.2) is 19.6 Å². The van der Waals surface area contributed by atoms with Crippen LogP contribution in [0.1, 0.15) is 54.9 Å². The highest BCUT2D eigenvalue weighted by atomic mass is 32.2. The molecule has 16 nitrogen and oxygen atoms in total. The second kappa shape index (κ2) is 14.9. The standard InChI is InChI=1S/C30H42N5O11PS/c1-19-13-30(19,14-35-15-32-22-23(35)33-25(31)34-24(22)48-21-11-9-20(39-8)10-12-21)42-18-47(38,43-16-40-26(36)45-28(2,3)4)44-17-41-27(37)46-29(5,6)7/h9-12,15,19H,13-14,16-18H2,1-8H3,(H2,31,33,34). The molecule has 48 heavy (non-hydrogen) atoms. The Hall–Kier alpha value is -3.63. The molecule has 1 aromatic carbocycles. The number of fused-ring (bicyclic) bond motifs is 1. The van der Waals surface area contributed by atoms with Gasteiger partial charge in [0.05, 0.1) is 25.6 Å². The van der Waals surface area contributed by atoms with Crippen molar-refractivity contribution in [3.05, 3.63) is 30.6 Å². The summed E-state index contributed by atoms with van der Waals surface area (Å²) in [6.07, 6.45) is -0.420. The Labute approximate surface area is 282 Å². The average Bonchev–Trinajstić information content (AvgIpc) is 3.43. The molecule has 2 heterocycles. The van der Waals surface area contributed by atoms with Gasteiger partial charge < -0.3 is 38.7 Å². The fourth-order valence-corrected chi connectivity index (χ4v) is 6.22. The number of ether oxygens (including phenoxy) is 6. The molecular formula is C30H42N5O11PS. The number of rotatable bonds is 14. The molecule has 2 aromatic heterocycles. The molecule has 1 aliphatic rings. The average molecular weight is 712 g/mol. The number of anilines is 1. The number of methoxy groups -OCH3 is 1. The predicted octanol–water partition coefficient (Wildman–Crippen LogP) is 6.37. The van der Waals surface area contributed by atoms with Crippen LogP contribution in [-0.4, -0.2) is 75.7 Å². The van der Waals surface area contributed by atoms with Gasteiger partial charge in [-0.3, -0.25) is 13.6 Å². The van der Waals surface area contributed by atoms with Crippen LogP contribution in [0, 0.1) is 5.92 Å². The topological polar surface area (TPSA) is 195 Å². The number of nitrogen functional groups attached to an aromatic ring is 1.